The summed E-state index contributed by atoms with van der Waals surface area (Å²) in [5.74, 6) is -0.392. The number of aromatic amines is 1. The van der Waals surface area contributed by atoms with Gasteiger partial charge in [-0.1, -0.05) is 12.1 Å². The van der Waals surface area contributed by atoms with Crippen LogP contribution in [-0.2, 0) is 23.9 Å². The van der Waals surface area contributed by atoms with E-state index in [1.807, 2.05) is 0 Å². The van der Waals surface area contributed by atoms with Crippen molar-refractivity contribution in [2.24, 2.45) is 5.73 Å². The number of hydrogen-bond donors (Lipinski definition) is 2. The molecule has 3 rings (SSSR count). The van der Waals surface area contributed by atoms with Gasteiger partial charge in [0.05, 0.1) is 11.8 Å². The van der Waals surface area contributed by atoms with Crippen LogP contribution in [0.1, 0.15) is 28.4 Å². The van der Waals surface area contributed by atoms with Crippen LogP contribution >= 0.6 is 0 Å². The van der Waals surface area contributed by atoms with E-state index < -0.39 is 23.7 Å². The second-order valence-corrected chi connectivity index (χ2v) is 5.48. The summed E-state index contributed by atoms with van der Waals surface area (Å²) in [4.78, 5) is 14.0. The zero-order valence-electron chi connectivity index (χ0n) is 12.1. The van der Waals surface area contributed by atoms with Crippen LogP contribution < -0.4 is 5.73 Å². The van der Waals surface area contributed by atoms with E-state index in [2.05, 4.69) is 10.2 Å². The topological polar surface area (TPSA) is 75.0 Å². The molecule has 0 aliphatic carbocycles. The van der Waals surface area contributed by atoms with E-state index in [4.69, 9.17) is 5.73 Å². The molecule has 1 aliphatic heterocycles. The molecule has 1 aromatic carbocycles. The van der Waals surface area contributed by atoms with Crippen LogP contribution in [-0.4, -0.2) is 27.5 Å². The van der Waals surface area contributed by atoms with Crippen molar-refractivity contribution < 1.29 is 18.0 Å². The lowest BCUT2D eigenvalue weighted by Crippen LogP contribution is -2.41. The summed E-state index contributed by atoms with van der Waals surface area (Å²) >= 11 is 0. The number of amides is 1. The highest BCUT2D eigenvalue weighted by atomic mass is 19.4. The van der Waals surface area contributed by atoms with Crippen LogP contribution in [0.3, 0.4) is 0 Å². The number of fused-ring (bicyclic) bond motifs is 1. The molecule has 0 spiro atoms. The number of rotatable bonds is 2. The number of H-pyrrole nitrogens is 1. The minimum Gasteiger partial charge on any atom is -0.336 e. The van der Waals surface area contributed by atoms with Crippen LogP contribution in [0.4, 0.5) is 13.2 Å². The second-order valence-electron chi connectivity index (χ2n) is 5.48. The summed E-state index contributed by atoms with van der Waals surface area (Å²) in [5.41, 5.74) is 7.12. The van der Waals surface area contributed by atoms with Crippen molar-refractivity contribution in [3.63, 3.8) is 0 Å². The average Bonchev–Trinajstić information content (AvgIpc) is 3.00. The monoisotopic (exact) mass is 324 g/mol. The SMILES string of the molecule is NC(C(=O)N1CCc2[nH]ncc2C1)c1cccc(C(F)(F)F)c1. The lowest BCUT2D eigenvalue weighted by Gasteiger charge is -2.29. The van der Waals surface area contributed by atoms with Crippen molar-refractivity contribution in [3.8, 4) is 0 Å². The molecule has 1 aromatic heterocycles. The van der Waals surface area contributed by atoms with E-state index in [1.54, 1.807) is 11.1 Å². The maximum absolute atomic E-state index is 12.8. The van der Waals surface area contributed by atoms with Crippen molar-refractivity contribution in [1.29, 1.82) is 0 Å². The van der Waals surface area contributed by atoms with Gasteiger partial charge in [-0.15, -0.1) is 0 Å². The fraction of sp³-hybridized carbons (Fsp3) is 0.333. The minimum atomic E-state index is -4.46. The van der Waals surface area contributed by atoms with Crippen molar-refractivity contribution >= 4 is 5.91 Å². The van der Waals surface area contributed by atoms with Gasteiger partial charge in [0, 0.05) is 30.8 Å². The van der Waals surface area contributed by atoms with E-state index >= 15 is 0 Å². The summed E-state index contributed by atoms with van der Waals surface area (Å²) in [5, 5.41) is 6.78. The first-order valence-corrected chi connectivity index (χ1v) is 7.09. The Hall–Kier alpha value is -2.35. The fourth-order valence-electron chi connectivity index (χ4n) is 2.66. The summed E-state index contributed by atoms with van der Waals surface area (Å²) < 4.78 is 38.3. The molecule has 2 heterocycles. The maximum Gasteiger partial charge on any atom is 0.416 e. The normalized spacial score (nSPS) is 16.1. The molecule has 0 radical (unpaired) electrons. The van der Waals surface area contributed by atoms with Crippen LogP contribution in [0, 0.1) is 0 Å². The Morgan fingerprint density at radius 1 is 1.39 bits per heavy atom. The number of nitrogens with one attached hydrogen (secondary N) is 1. The Morgan fingerprint density at radius 2 is 2.17 bits per heavy atom. The highest BCUT2D eigenvalue weighted by Gasteiger charge is 2.32. The second kappa shape index (κ2) is 5.69. The van der Waals surface area contributed by atoms with Gasteiger partial charge in [-0.05, 0) is 17.7 Å². The van der Waals surface area contributed by atoms with Crippen LogP contribution in [0.5, 0.6) is 0 Å². The van der Waals surface area contributed by atoms with Gasteiger partial charge in [-0.2, -0.15) is 18.3 Å². The largest absolute Gasteiger partial charge is 0.416 e. The third-order valence-corrected chi connectivity index (χ3v) is 3.95. The predicted octanol–water partition coefficient (Wildman–Crippen LogP) is 2.01. The smallest absolute Gasteiger partial charge is 0.336 e. The first-order valence-electron chi connectivity index (χ1n) is 7.09. The molecule has 3 N–H and O–H groups in total. The number of halogens is 3. The molecule has 8 heteroatoms. The number of benzene rings is 1. The highest BCUT2D eigenvalue weighted by Crippen LogP contribution is 2.31. The lowest BCUT2D eigenvalue weighted by molar-refractivity contribution is -0.138. The number of aromatic nitrogens is 2. The Kier molecular flexibility index (Phi) is 3.85. The zero-order valence-corrected chi connectivity index (χ0v) is 12.1. The molecule has 0 saturated heterocycles. The van der Waals surface area contributed by atoms with Gasteiger partial charge >= 0.3 is 6.18 Å². The Balaban J connectivity index is 1.78. The summed E-state index contributed by atoms with van der Waals surface area (Å²) in [6.07, 6.45) is -2.20. The molecule has 5 nitrogen and oxygen atoms in total. The van der Waals surface area contributed by atoms with Gasteiger partial charge in [0.15, 0.2) is 0 Å². The highest BCUT2D eigenvalue weighted by molar-refractivity contribution is 5.83. The van der Waals surface area contributed by atoms with Crippen LogP contribution in [0.15, 0.2) is 30.5 Å². The first-order chi connectivity index (χ1) is 10.9. The van der Waals surface area contributed by atoms with Crippen molar-refractivity contribution in [1.82, 2.24) is 15.1 Å². The molecular weight excluding hydrogens is 309 g/mol. The Bertz CT molecular complexity index is 726. The first kappa shape index (κ1) is 15.5. The Morgan fingerprint density at radius 3 is 2.91 bits per heavy atom. The van der Waals surface area contributed by atoms with Crippen molar-refractivity contribution in [3.05, 3.63) is 52.8 Å². The number of carbonyl (C=O) groups is 1. The van der Waals surface area contributed by atoms with Gasteiger partial charge in [0.2, 0.25) is 5.91 Å². The van der Waals surface area contributed by atoms with E-state index in [0.717, 1.165) is 23.4 Å². The molecule has 1 aliphatic rings. The lowest BCUT2D eigenvalue weighted by atomic mass is 10.0. The summed E-state index contributed by atoms with van der Waals surface area (Å²) in [6, 6.07) is 3.46. The fourth-order valence-corrected chi connectivity index (χ4v) is 2.66. The molecule has 1 unspecified atom stereocenters. The van der Waals surface area contributed by atoms with Gasteiger partial charge in [0.1, 0.15) is 6.04 Å². The van der Waals surface area contributed by atoms with Crippen molar-refractivity contribution in [2.75, 3.05) is 6.54 Å². The molecule has 23 heavy (non-hydrogen) atoms. The van der Waals surface area contributed by atoms with Crippen molar-refractivity contribution in [2.45, 2.75) is 25.2 Å². The van der Waals surface area contributed by atoms with Crippen LogP contribution in [0.25, 0.3) is 0 Å². The van der Waals surface area contributed by atoms with E-state index in [1.165, 1.54) is 12.1 Å². The number of hydrogen-bond acceptors (Lipinski definition) is 3. The number of nitrogens with two attached hydrogens (primary N) is 1. The maximum atomic E-state index is 12.8. The summed E-state index contributed by atoms with van der Waals surface area (Å²) in [6.45, 7) is 0.817. The van der Waals surface area contributed by atoms with Gasteiger partial charge in [-0.25, -0.2) is 0 Å². The van der Waals surface area contributed by atoms with Crippen LogP contribution in [0.2, 0.25) is 0 Å². The van der Waals surface area contributed by atoms with E-state index in [-0.39, 0.29) is 5.56 Å². The average molecular weight is 324 g/mol. The molecule has 0 bridgehead atoms. The molecule has 1 atom stereocenters. The molecule has 122 valence electrons. The number of nitrogens with zero attached hydrogens (tertiary/aromatic N) is 2. The molecule has 2 aromatic rings. The van der Waals surface area contributed by atoms with Gasteiger partial charge < -0.3 is 10.6 Å². The molecule has 0 saturated carbocycles. The zero-order chi connectivity index (χ0) is 16.6. The van der Waals surface area contributed by atoms with E-state index in [9.17, 15) is 18.0 Å². The summed E-state index contributed by atoms with van der Waals surface area (Å²) in [7, 11) is 0. The van der Waals surface area contributed by atoms with Gasteiger partial charge in [-0.3, -0.25) is 9.89 Å². The quantitative estimate of drug-likeness (QED) is 0.887. The number of alkyl halides is 3. The molecular formula is C15H15F3N4O. The van der Waals surface area contributed by atoms with E-state index in [0.29, 0.717) is 19.5 Å². The standard InChI is InChI=1S/C15H15F3N4O/c16-15(17,18)11-3-1-2-9(6-11)13(19)14(23)22-5-4-12-10(8-22)7-20-21-12/h1-3,6-7,13H,4-5,8,19H2,(H,20,21). The minimum absolute atomic E-state index is 0.155. The number of carbonyl (C=O) groups excluding carboxylic acids is 1. The molecule has 0 fully saturated rings. The third kappa shape index (κ3) is 3.07. The molecule has 1 amide bonds. The Labute approximate surface area is 130 Å². The predicted molar refractivity (Wildman–Crippen MR) is 76.1 cm³/mol. The van der Waals surface area contributed by atoms with Gasteiger partial charge in [0.25, 0.3) is 0 Å². The third-order valence-electron chi connectivity index (χ3n) is 3.95.